The average Bonchev–Trinajstić information content (AvgIpc) is 2.43. The maximum absolute atomic E-state index is 12.0. The number of rotatable bonds is 6. The molecule has 7 nitrogen and oxygen atoms in total. The zero-order valence-electron chi connectivity index (χ0n) is 12.7. The number of aliphatic carboxylic acids is 1. The van der Waals surface area contributed by atoms with Gasteiger partial charge in [-0.05, 0) is 24.7 Å². The second-order valence-electron chi connectivity index (χ2n) is 5.91. The molecule has 21 heavy (non-hydrogen) atoms. The van der Waals surface area contributed by atoms with Crippen LogP contribution in [0.3, 0.4) is 0 Å². The lowest BCUT2D eigenvalue weighted by molar-refractivity contribution is -0.139. The van der Waals surface area contributed by atoms with Gasteiger partial charge in [-0.1, -0.05) is 13.8 Å². The van der Waals surface area contributed by atoms with Gasteiger partial charge in [-0.25, -0.2) is 0 Å². The molecule has 7 heteroatoms. The van der Waals surface area contributed by atoms with Crippen LogP contribution in [0.1, 0.15) is 33.1 Å². The van der Waals surface area contributed by atoms with Gasteiger partial charge in [0.1, 0.15) is 0 Å². The van der Waals surface area contributed by atoms with Gasteiger partial charge < -0.3 is 21.1 Å². The first-order chi connectivity index (χ1) is 9.81. The zero-order valence-corrected chi connectivity index (χ0v) is 12.7. The summed E-state index contributed by atoms with van der Waals surface area (Å²) >= 11 is 0. The standard InChI is InChI=1S/C14H25N3O4/c1-9(2)13(15)14(21)16-8-11(18)17-5-3-10(4-6-17)7-12(19)20/h9-10,13H,3-8,15H2,1-2H3,(H,16,21)(H,19,20)/t13-/m0/s1. The minimum Gasteiger partial charge on any atom is -0.481 e. The van der Waals surface area contributed by atoms with E-state index in [0.29, 0.717) is 25.9 Å². The highest BCUT2D eigenvalue weighted by Gasteiger charge is 2.25. The molecule has 0 aromatic heterocycles. The molecule has 0 unspecified atom stereocenters. The number of nitrogens with zero attached hydrogens (tertiary/aromatic N) is 1. The molecule has 1 saturated heterocycles. The minimum atomic E-state index is -0.797. The van der Waals surface area contributed by atoms with Gasteiger partial charge in [0.15, 0.2) is 0 Å². The van der Waals surface area contributed by atoms with Crippen molar-refractivity contribution in [2.24, 2.45) is 17.6 Å². The summed E-state index contributed by atoms with van der Waals surface area (Å²) in [4.78, 5) is 36.0. The van der Waals surface area contributed by atoms with E-state index < -0.39 is 12.0 Å². The number of carbonyl (C=O) groups is 3. The number of hydrogen-bond donors (Lipinski definition) is 3. The van der Waals surface area contributed by atoms with Crippen molar-refractivity contribution in [1.82, 2.24) is 10.2 Å². The number of nitrogens with one attached hydrogen (secondary N) is 1. The molecule has 0 spiro atoms. The van der Waals surface area contributed by atoms with Crippen molar-refractivity contribution in [3.05, 3.63) is 0 Å². The van der Waals surface area contributed by atoms with E-state index in [1.165, 1.54) is 0 Å². The quantitative estimate of drug-likeness (QED) is 0.628. The molecule has 1 heterocycles. The van der Waals surface area contributed by atoms with E-state index in [1.807, 2.05) is 13.8 Å². The number of likely N-dealkylation sites (tertiary alicyclic amines) is 1. The van der Waals surface area contributed by atoms with Crippen molar-refractivity contribution >= 4 is 17.8 Å². The van der Waals surface area contributed by atoms with Crippen molar-refractivity contribution < 1.29 is 19.5 Å². The molecule has 0 saturated carbocycles. The summed E-state index contributed by atoms with van der Waals surface area (Å²) in [5.41, 5.74) is 5.70. The molecule has 0 aromatic carbocycles. The van der Waals surface area contributed by atoms with E-state index in [-0.39, 0.29) is 36.6 Å². The fourth-order valence-electron chi connectivity index (χ4n) is 2.33. The van der Waals surface area contributed by atoms with Gasteiger partial charge in [-0.15, -0.1) is 0 Å². The molecule has 0 bridgehead atoms. The molecule has 0 radical (unpaired) electrons. The van der Waals surface area contributed by atoms with Crippen molar-refractivity contribution in [3.63, 3.8) is 0 Å². The Balaban J connectivity index is 2.31. The van der Waals surface area contributed by atoms with E-state index in [4.69, 9.17) is 10.8 Å². The number of carboxylic acid groups (broad SMARTS) is 1. The monoisotopic (exact) mass is 299 g/mol. The number of piperidine rings is 1. The maximum Gasteiger partial charge on any atom is 0.303 e. The Morgan fingerprint density at radius 3 is 2.33 bits per heavy atom. The third-order valence-electron chi connectivity index (χ3n) is 3.87. The Hall–Kier alpha value is -1.63. The van der Waals surface area contributed by atoms with Gasteiger partial charge in [0.05, 0.1) is 12.6 Å². The Labute approximate surface area is 124 Å². The van der Waals surface area contributed by atoms with Crippen LogP contribution < -0.4 is 11.1 Å². The van der Waals surface area contributed by atoms with Crippen molar-refractivity contribution in [3.8, 4) is 0 Å². The highest BCUT2D eigenvalue weighted by atomic mass is 16.4. The molecule has 120 valence electrons. The Bertz CT molecular complexity index is 390. The van der Waals surface area contributed by atoms with Crippen LogP contribution >= 0.6 is 0 Å². The van der Waals surface area contributed by atoms with Crippen LogP contribution in [-0.4, -0.2) is 53.5 Å². The van der Waals surface area contributed by atoms with Gasteiger partial charge in [-0.2, -0.15) is 0 Å². The second kappa shape index (κ2) is 7.97. The van der Waals surface area contributed by atoms with E-state index in [2.05, 4.69) is 5.32 Å². The molecular weight excluding hydrogens is 274 g/mol. The van der Waals surface area contributed by atoms with Crippen molar-refractivity contribution in [1.29, 1.82) is 0 Å². The lowest BCUT2D eigenvalue weighted by Crippen LogP contribution is -2.49. The fraction of sp³-hybridized carbons (Fsp3) is 0.786. The molecule has 1 rings (SSSR count). The third-order valence-corrected chi connectivity index (χ3v) is 3.87. The Kier molecular flexibility index (Phi) is 6.61. The summed E-state index contributed by atoms with van der Waals surface area (Å²) in [5, 5.41) is 11.3. The smallest absolute Gasteiger partial charge is 0.303 e. The summed E-state index contributed by atoms with van der Waals surface area (Å²) in [7, 11) is 0. The van der Waals surface area contributed by atoms with Crippen LogP contribution in [0, 0.1) is 11.8 Å². The van der Waals surface area contributed by atoms with Crippen LogP contribution in [0.2, 0.25) is 0 Å². The molecule has 0 aliphatic carbocycles. The van der Waals surface area contributed by atoms with E-state index >= 15 is 0 Å². The molecule has 1 atom stereocenters. The number of carboxylic acids is 1. The maximum atomic E-state index is 12.0. The van der Waals surface area contributed by atoms with Gasteiger partial charge in [0.2, 0.25) is 11.8 Å². The predicted octanol–water partition coefficient (Wildman–Crippen LogP) is -0.201. The Morgan fingerprint density at radius 2 is 1.86 bits per heavy atom. The van der Waals surface area contributed by atoms with E-state index in [9.17, 15) is 14.4 Å². The lowest BCUT2D eigenvalue weighted by atomic mass is 9.93. The topological polar surface area (TPSA) is 113 Å². The van der Waals surface area contributed by atoms with Gasteiger partial charge in [0.25, 0.3) is 0 Å². The molecule has 1 aliphatic rings. The number of carbonyl (C=O) groups excluding carboxylic acids is 2. The summed E-state index contributed by atoms with van der Waals surface area (Å²) in [6, 6.07) is -0.612. The van der Waals surface area contributed by atoms with Crippen LogP contribution in [-0.2, 0) is 14.4 Å². The highest BCUT2D eigenvalue weighted by molar-refractivity contribution is 5.87. The number of nitrogens with two attached hydrogens (primary N) is 1. The molecule has 1 aliphatic heterocycles. The van der Waals surface area contributed by atoms with Gasteiger partial charge >= 0.3 is 5.97 Å². The second-order valence-corrected chi connectivity index (χ2v) is 5.91. The van der Waals surface area contributed by atoms with E-state index in [0.717, 1.165) is 0 Å². The summed E-state index contributed by atoms with van der Waals surface area (Å²) < 4.78 is 0. The largest absolute Gasteiger partial charge is 0.481 e. The SMILES string of the molecule is CC(C)[C@H](N)C(=O)NCC(=O)N1CCC(CC(=O)O)CC1. The molecular formula is C14H25N3O4. The molecule has 2 amide bonds. The van der Waals surface area contributed by atoms with Crippen molar-refractivity contribution in [2.75, 3.05) is 19.6 Å². The lowest BCUT2D eigenvalue weighted by Gasteiger charge is -2.31. The van der Waals surface area contributed by atoms with Gasteiger partial charge in [-0.3, -0.25) is 14.4 Å². The summed E-state index contributed by atoms with van der Waals surface area (Å²) in [6.07, 6.45) is 1.54. The number of amides is 2. The first-order valence-corrected chi connectivity index (χ1v) is 7.34. The van der Waals surface area contributed by atoms with Crippen LogP contribution in [0.5, 0.6) is 0 Å². The number of hydrogen-bond acceptors (Lipinski definition) is 4. The van der Waals surface area contributed by atoms with Gasteiger partial charge in [0, 0.05) is 19.5 Å². The minimum absolute atomic E-state index is 0.0202. The fourth-order valence-corrected chi connectivity index (χ4v) is 2.33. The first kappa shape index (κ1) is 17.4. The molecule has 1 fully saturated rings. The van der Waals surface area contributed by atoms with E-state index in [1.54, 1.807) is 4.90 Å². The average molecular weight is 299 g/mol. The Morgan fingerprint density at radius 1 is 1.29 bits per heavy atom. The third kappa shape index (κ3) is 5.71. The summed E-state index contributed by atoms with van der Waals surface area (Å²) in [5.74, 6) is -1.11. The molecule has 0 aromatic rings. The van der Waals surface area contributed by atoms with Crippen LogP contribution in [0.25, 0.3) is 0 Å². The van der Waals surface area contributed by atoms with Crippen molar-refractivity contribution in [2.45, 2.75) is 39.2 Å². The first-order valence-electron chi connectivity index (χ1n) is 7.34. The van der Waals surface area contributed by atoms with Crippen LogP contribution in [0.4, 0.5) is 0 Å². The molecule has 4 N–H and O–H groups in total. The normalized spacial score (nSPS) is 17.6. The summed E-state index contributed by atoms with van der Waals surface area (Å²) in [6.45, 7) is 4.73. The predicted molar refractivity (Wildman–Crippen MR) is 77.4 cm³/mol. The highest BCUT2D eigenvalue weighted by Crippen LogP contribution is 2.20. The zero-order chi connectivity index (χ0) is 16.0. The van der Waals surface area contributed by atoms with Crippen LogP contribution in [0.15, 0.2) is 0 Å².